The van der Waals surface area contributed by atoms with E-state index >= 15 is 0 Å². The van der Waals surface area contributed by atoms with Crippen LogP contribution in [0.4, 0.5) is 0 Å². The SMILES string of the molecule is C[C@H]1O[C@H](O[C@H]2[C@H](O)[C@@H](O)[C@@H](O[C@H]3[C@H](O)[C@@H](O)[C@H](O)O[C@@H]3CO)O[C@@H]2CO)[C@H](O)[C@@H](O)[C@@H]1N[C@H]1C=C(CO)[C@@H](O)[C@H](O)[C@H]1O.O.O.O.O.OC[C@H]1O[C@H](OC[C@H]2O[C@H](OC[C@H]3O[C@H](O[C@]4(CO)O[C@H](CO)[C@@H](O)[C@@H]4O)[C@H](O)[C@@H](O)[C@@H]3O)[C@H](O)[C@@H](O)[C@H]2O)[C@H](O)[C@@H](O)[C@H]1O. The standard InChI is InChI=1S/C25H43NO18.C24H42O21.4H2O/c1-6-11(26-8-2-7(3-27)12(30)15(33)13(8)31)14(32)19(37)24(40-6)43-22-10(5-29)42-25(20(38)17(22)35)44-21-9(4-28)41-23(39)18(36)16(21)34;25-1-6-10(28)14(32)17(35)21(41-6)39-3-8-11(29)15(33)18(36)22(42-8)40-4-9-12(30)16(34)19(37)23(43-9)45-24(5-27)20(38)13(31)7(2-26)44-24;;;;/h2,6,8-39H,3-5H2,1H3;6-23,25-38H,1-5H2;4*1H2/t6-,8+,9-,10-,11-,12-,13+,14+,15+,16-,17-,18-,19-,20-,21-,22-,23-,24-,25-;6-,7-,8-,9-,10+,11+,12-,13-,14+,15+,16+,17-,18-,19-,20+,21+,22+,23-,24+;;;;/m11..../s1. The summed E-state index contributed by atoms with van der Waals surface area (Å²) in [5, 5.41) is 277. The molecule has 0 aromatic heterocycles. The Morgan fingerprint density at radius 1 is 0.398 bits per heavy atom. The highest BCUT2D eigenvalue weighted by Gasteiger charge is 2.60. The second-order valence-corrected chi connectivity index (χ2v) is 22.6. The highest BCUT2D eigenvalue weighted by molar-refractivity contribution is 5.22. The number of hydrogen-bond donors (Lipinski definition) is 28. The maximum absolute atomic E-state index is 10.9. The molecule has 44 nitrogen and oxygen atoms in total. The summed E-state index contributed by atoms with van der Waals surface area (Å²) in [4.78, 5) is 0. The molecular formula is C49H93NO43. The molecule has 552 valence electrons. The average molecular weight is 1380 g/mol. The van der Waals surface area contributed by atoms with Crippen LogP contribution >= 0.6 is 0 Å². The van der Waals surface area contributed by atoms with Crippen LogP contribution in [0.5, 0.6) is 0 Å². The zero-order valence-corrected chi connectivity index (χ0v) is 49.1. The first kappa shape index (κ1) is 85.2. The summed E-state index contributed by atoms with van der Waals surface area (Å²) in [5.41, 5.74) is 0.0225. The first-order valence-corrected chi connectivity index (χ1v) is 28.2. The van der Waals surface area contributed by atoms with E-state index in [0.717, 1.165) is 0 Å². The minimum atomic E-state index is -2.43. The number of aliphatic hydroxyl groups is 27. The van der Waals surface area contributed by atoms with Crippen LogP contribution < -0.4 is 5.32 Å². The monoisotopic (exact) mass is 1380 g/mol. The number of rotatable bonds is 20. The van der Waals surface area contributed by atoms with Gasteiger partial charge in [0.15, 0.2) is 37.7 Å². The molecule has 7 saturated heterocycles. The van der Waals surface area contributed by atoms with Crippen molar-refractivity contribution in [1.82, 2.24) is 5.32 Å². The molecule has 93 heavy (non-hydrogen) atoms. The fourth-order valence-electron chi connectivity index (χ4n) is 11.2. The fraction of sp³-hybridized carbons (Fsp3) is 0.959. The van der Waals surface area contributed by atoms with E-state index in [1.165, 1.54) is 13.0 Å². The van der Waals surface area contributed by atoms with Crippen molar-refractivity contribution in [2.75, 3.05) is 52.9 Å². The smallest absolute Gasteiger partial charge is 0.224 e. The zero-order chi connectivity index (χ0) is 66.0. The van der Waals surface area contributed by atoms with E-state index in [1.807, 2.05) is 0 Å². The number of nitrogens with one attached hydrogen (secondary N) is 1. The van der Waals surface area contributed by atoms with Gasteiger partial charge in [-0.3, -0.25) is 0 Å². The molecule has 44 heteroatoms. The van der Waals surface area contributed by atoms with Crippen molar-refractivity contribution in [3.8, 4) is 0 Å². The van der Waals surface area contributed by atoms with Gasteiger partial charge in [0, 0.05) is 0 Å². The number of hydrogen-bond acceptors (Lipinski definition) is 40. The fourth-order valence-corrected chi connectivity index (χ4v) is 11.2. The second-order valence-electron chi connectivity index (χ2n) is 22.6. The van der Waals surface area contributed by atoms with E-state index in [1.54, 1.807) is 0 Å². The Kier molecular flexibility index (Phi) is 33.3. The van der Waals surface area contributed by atoms with Crippen LogP contribution in [0.3, 0.4) is 0 Å². The van der Waals surface area contributed by atoms with Crippen molar-refractivity contribution < 1.29 is 217 Å². The van der Waals surface area contributed by atoms with Gasteiger partial charge in [-0.15, -0.1) is 0 Å². The van der Waals surface area contributed by atoms with Crippen molar-refractivity contribution >= 4 is 0 Å². The van der Waals surface area contributed by atoms with Crippen molar-refractivity contribution in [2.45, 2.75) is 240 Å². The van der Waals surface area contributed by atoms with Gasteiger partial charge >= 0.3 is 0 Å². The van der Waals surface area contributed by atoms with Gasteiger partial charge in [-0.2, -0.15) is 0 Å². The van der Waals surface area contributed by atoms with Gasteiger partial charge < -0.3 is 222 Å². The quantitative estimate of drug-likeness (QED) is 0.0503. The molecule has 8 aliphatic rings. The van der Waals surface area contributed by atoms with Gasteiger partial charge in [-0.1, -0.05) is 6.08 Å². The molecule has 8 rings (SSSR count). The molecule has 36 N–H and O–H groups in total. The van der Waals surface area contributed by atoms with Gasteiger partial charge in [0.05, 0.1) is 64.4 Å². The summed E-state index contributed by atoms with van der Waals surface area (Å²) in [6, 6.07) is -2.17. The third kappa shape index (κ3) is 18.0. The Balaban J connectivity index is 0.000000465. The Hall–Kier alpha value is -2.02. The molecule has 0 amide bonds. The Morgan fingerprint density at radius 3 is 1.28 bits per heavy atom. The van der Waals surface area contributed by atoms with Gasteiger partial charge in [-0.25, -0.2) is 0 Å². The topological polar surface area (TPSA) is 795 Å². The predicted octanol–water partition coefficient (Wildman–Crippen LogP) is -21.6. The van der Waals surface area contributed by atoms with Crippen LogP contribution in [-0.2, 0) is 56.8 Å². The lowest BCUT2D eigenvalue weighted by atomic mass is 9.86. The molecule has 0 radical (unpaired) electrons. The van der Waals surface area contributed by atoms with Crippen LogP contribution in [0.15, 0.2) is 11.6 Å². The molecule has 38 atom stereocenters. The number of ether oxygens (including phenoxy) is 12. The van der Waals surface area contributed by atoms with Crippen molar-refractivity contribution in [3.05, 3.63) is 11.6 Å². The first-order valence-electron chi connectivity index (χ1n) is 28.2. The third-order valence-electron chi connectivity index (χ3n) is 16.7. The largest absolute Gasteiger partial charge is 0.412 e. The van der Waals surface area contributed by atoms with E-state index < -0.39 is 285 Å². The lowest BCUT2D eigenvalue weighted by Gasteiger charge is -2.48. The molecule has 0 aromatic carbocycles. The summed E-state index contributed by atoms with van der Waals surface area (Å²) in [5.74, 6) is -2.43. The van der Waals surface area contributed by atoms with Crippen molar-refractivity contribution in [1.29, 1.82) is 0 Å². The minimum Gasteiger partial charge on any atom is -0.412 e. The highest BCUT2D eigenvalue weighted by Crippen LogP contribution is 2.38. The maximum Gasteiger partial charge on any atom is 0.224 e. The van der Waals surface area contributed by atoms with E-state index in [0.29, 0.717) is 0 Å². The summed E-state index contributed by atoms with van der Waals surface area (Å²) in [7, 11) is 0. The molecule has 0 spiro atoms. The second kappa shape index (κ2) is 36.4. The van der Waals surface area contributed by atoms with Crippen molar-refractivity contribution in [3.63, 3.8) is 0 Å². The highest BCUT2D eigenvalue weighted by atomic mass is 16.8. The van der Waals surface area contributed by atoms with E-state index in [2.05, 4.69) is 5.32 Å². The molecule has 0 bridgehead atoms. The van der Waals surface area contributed by atoms with Gasteiger partial charge in [0.2, 0.25) is 5.79 Å². The Morgan fingerprint density at radius 2 is 0.806 bits per heavy atom. The van der Waals surface area contributed by atoms with Crippen LogP contribution in [-0.4, -0.2) is 445 Å². The van der Waals surface area contributed by atoms with Gasteiger partial charge in [0.25, 0.3) is 0 Å². The lowest BCUT2D eigenvalue weighted by Crippen LogP contribution is -2.68. The molecule has 1 aliphatic carbocycles. The Bertz CT molecular complexity index is 2190. The molecule has 7 aliphatic heterocycles. The Labute approximate surface area is 525 Å². The summed E-state index contributed by atoms with van der Waals surface area (Å²) < 4.78 is 65.0. The molecular weight excluding hydrogens is 1290 g/mol. The molecule has 0 aromatic rings. The molecule has 0 saturated carbocycles. The van der Waals surface area contributed by atoms with Crippen LogP contribution in [0.25, 0.3) is 0 Å². The predicted molar refractivity (Wildman–Crippen MR) is 286 cm³/mol. The summed E-state index contributed by atoms with van der Waals surface area (Å²) in [6.45, 7) is -4.77. The van der Waals surface area contributed by atoms with Crippen LogP contribution in [0.1, 0.15) is 6.92 Å². The third-order valence-corrected chi connectivity index (χ3v) is 16.7. The summed E-state index contributed by atoms with van der Waals surface area (Å²) in [6.07, 6.45) is -57.9. The zero-order valence-electron chi connectivity index (χ0n) is 49.1. The molecule has 0 unspecified atom stereocenters. The van der Waals surface area contributed by atoms with Gasteiger partial charge in [0.1, 0.15) is 178 Å². The van der Waals surface area contributed by atoms with Crippen LogP contribution in [0, 0.1) is 0 Å². The molecule has 7 fully saturated rings. The van der Waals surface area contributed by atoms with Crippen LogP contribution in [0.2, 0.25) is 0 Å². The van der Waals surface area contributed by atoms with Crippen molar-refractivity contribution in [2.24, 2.45) is 0 Å². The maximum atomic E-state index is 10.9. The normalized spacial score (nSPS) is 50.1. The minimum absolute atomic E-state index is 0. The van der Waals surface area contributed by atoms with E-state index in [-0.39, 0.29) is 27.5 Å². The van der Waals surface area contributed by atoms with Gasteiger partial charge in [-0.05, 0) is 12.5 Å². The summed E-state index contributed by atoms with van der Waals surface area (Å²) >= 11 is 0. The average Bonchev–Trinajstić information content (AvgIpc) is 1.75. The van der Waals surface area contributed by atoms with E-state index in [9.17, 15) is 138 Å². The molecule has 7 heterocycles. The number of aliphatic hydroxyl groups excluding tert-OH is 27. The van der Waals surface area contributed by atoms with E-state index in [4.69, 9.17) is 56.8 Å². The lowest BCUT2D eigenvalue weighted by molar-refractivity contribution is -0.388. The first-order chi connectivity index (χ1) is 41.9.